The van der Waals surface area contributed by atoms with Crippen molar-refractivity contribution in [2.45, 2.75) is 0 Å². The fraction of sp³-hybridized carbons (Fsp3) is 0.158. The number of aromatic nitrogens is 2. The van der Waals surface area contributed by atoms with Crippen LogP contribution in [0.4, 0.5) is 4.39 Å². The number of halogens is 4. The summed E-state index contributed by atoms with van der Waals surface area (Å²) in [6.07, 6.45) is 0. The molecule has 1 heterocycles. The molecule has 0 N–H and O–H groups in total. The average molecular weight is 444 g/mol. The minimum Gasteiger partial charge on any atom is -0.497 e. The summed E-state index contributed by atoms with van der Waals surface area (Å²) in [6.45, 7) is 0. The van der Waals surface area contributed by atoms with Gasteiger partial charge in [0.05, 0.1) is 24.3 Å². The number of hydrogen-bond acceptors (Lipinski definition) is 4. The van der Waals surface area contributed by atoms with Crippen molar-refractivity contribution >= 4 is 34.8 Å². The van der Waals surface area contributed by atoms with Crippen molar-refractivity contribution in [3.63, 3.8) is 0 Å². The predicted molar refractivity (Wildman–Crippen MR) is 108 cm³/mol. The van der Waals surface area contributed by atoms with Crippen LogP contribution in [0.3, 0.4) is 0 Å². The van der Waals surface area contributed by atoms with Crippen LogP contribution in [0, 0.1) is 5.82 Å². The summed E-state index contributed by atoms with van der Waals surface area (Å²) in [6, 6.07) is 7.01. The van der Waals surface area contributed by atoms with Crippen molar-refractivity contribution in [1.29, 1.82) is 0 Å². The molecule has 0 atom stereocenters. The van der Waals surface area contributed by atoms with Crippen LogP contribution in [0.2, 0.25) is 15.1 Å². The Bertz CT molecular complexity index is 1130. The molecule has 0 aliphatic carbocycles. The monoisotopic (exact) mass is 442 g/mol. The van der Waals surface area contributed by atoms with Gasteiger partial charge in [0.25, 0.3) is 5.56 Å². The molecule has 0 saturated heterocycles. The van der Waals surface area contributed by atoms with Crippen molar-refractivity contribution in [1.82, 2.24) is 9.78 Å². The van der Waals surface area contributed by atoms with Crippen LogP contribution in [0.25, 0.3) is 22.4 Å². The smallest absolute Gasteiger partial charge is 0.285 e. The van der Waals surface area contributed by atoms with Crippen LogP contribution in [-0.2, 0) is 7.05 Å². The molecule has 2 aromatic carbocycles. The van der Waals surface area contributed by atoms with Crippen LogP contribution in [0.1, 0.15) is 0 Å². The number of benzene rings is 2. The zero-order valence-electron chi connectivity index (χ0n) is 15.0. The lowest BCUT2D eigenvalue weighted by Crippen LogP contribution is -2.22. The number of nitrogens with zero attached hydrogens (tertiary/aromatic N) is 2. The van der Waals surface area contributed by atoms with E-state index in [0.29, 0.717) is 22.6 Å². The second-order valence-corrected chi connectivity index (χ2v) is 6.94. The van der Waals surface area contributed by atoms with Gasteiger partial charge in [-0.1, -0.05) is 34.8 Å². The van der Waals surface area contributed by atoms with E-state index in [1.54, 1.807) is 12.1 Å². The zero-order chi connectivity index (χ0) is 20.6. The summed E-state index contributed by atoms with van der Waals surface area (Å²) >= 11 is 19.1. The summed E-state index contributed by atoms with van der Waals surface area (Å²) in [5.74, 6) is 0.280. The second-order valence-electron chi connectivity index (χ2n) is 5.78. The number of ether oxygens (including phenoxy) is 2. The van der Waals surface area contributed by atoms with Crippen molar-refractivity contribution < 1.29 is 13.9 Å². The highest BCUT2D eigenvalue weighted by Gasteiger charge is 2.23. The highest BCUT2D eigenvalue weighted by molar-refractivity contribution is 6.38. The normalized spacial score (nSPS) is 10.8. The molecule has 0 radical (unpaired) electrons. The van der Waals surface area contributed by atoms with Gasteiger partial charge in [0.2, 0.25) is 0 Å². The fourth-order valence-corrected chi connectivity index (χ4v) is 3.59. The van der Waals surface area contributed by atoms with Gasteiger partial charge in [-0.2, -0.15) is 5.10 Å². The van der Waals surface area contributed by atoms with Gasteiger partial charge in [-0.3, -0.25) is 4.79 Å². The highest BCUT2D eigenvalue weighted by atomic mass is 35.5. The molecule has 0 amide bonds. The quantitative estimate of drug-likeness (QED) is 0.554. The minimum absolute atomic E-state index is 0.0733. The third-order valence-electron chi connectivity index (χ3n) is 4.11. The molecule has 0 fully saturated rings. The van der Waals surface area contributed by atoms with E-state index >= 15 is 0 Å². The molecule has 0 aliphatic rings. The van der Waals surface area contributed by atoms with Crippen molar-refractivity contribution in [2.24, 2.45) is 7.05 Å². The zero-order valence-corrected chi connectivity index (χ0v) is 17.3. The Balaban J connectivity index is 2.45. The fourth-order valence-electron chi connectivity index (χ4n) is 2.74. The van der Waals surface area contributed by atoms with E-state index in [1.807, 2.05) is 0 Å². The summed E-state index contributed by atoms with van der Waals surface area (Å²) in [5.41, 5.74) is 0.707. The summed E-state index contributed by atoms with van der Waals surface area (Å²) < 4.78 is 25.2. The predicted octanol–water partition coefficient (Wildman–Crippen LogP) is 5.23. The first kappa shape index (κ1) is 20.5. The Labute approximate surface area is 175 Å². The van der Waals surface area contributed by atoms with Crippen LogP contribution >= 0.6 is 34.8 Å². The summed E-state index contributed by atoms with van der Waals surface area (Å²) in [5, 5.41) is 4.52. The van der Waals surface area contributed by atoms with Gasteiger partial charge in [-0.05, 0) is 24.3 Å². The molecule has 0 bridgehead atoms. The molecule has 28 heavy (non-hydrogen) atoms. The summed E-state index contributed by atoms with van der Waals surface area (Å²) in [7, 11) is 4.41. The van der Waals surface area contributed by atoms with Crippen molar-refractivity contribution in [2.75, 3.05) is 14.2 Å². The van der Waals surface area contributed by atoms with Crippen LogP contribution in [-0.4, -0.2) is 24.0 Å². The lowest BCUT2D eigenvalue weighted by molar-refractivity contribution is 0.395. The van der Waals surface area contributed by atoms with E-state index in [0.717, 1.165) is 10.7 Å². The average Bonchev–Trinajstić information content (AvgIpc) is 2.67. The first-order valence-electron chi connectivity index (χ1n) is 7.92. The maximum absolute atomic E-state index is 13.5. The molecule has 0 saturated carbocycles. The lowest BCUT2D eigenvalue weighted by atomic mass is 9.99. The minimum atomic E-state index is -0.535. The number of hydrogen-bond donors (Lipinski definition) is 0. The first-order valence-corrected chi connectivity index (χ1v) is 9.06. The molecular weight excluding hydrogens is 430 g/mol. The summed E-state index contributed by atoms with van der Waals surface area (Å²) in [4.78, 5) is 12.4. The molecule has 1 aromatic heterocycles. The third-order valence-corrected chi connectivity index (χ3v) is 5.17. The van der Waals surface area contributed by atoms with Gasteiger partial charge in [-0.25, -0.2) is 9.07 Å². The molecule has 3 aromatic rings. The Morgan fingerprint density at radius 1 is 1.00 bits per heavy atom. The van der Waals surface area contributed by atoms with Gasteiger partial charge in [-0.15, -0.1) is 0 Å². The van der Waals surface area contributed by atoms with E-state index in [2.05, 4.69) is 5.10 Å². The van der Waals surface area contributed by atoms with E-state index in [1.165, 1.54) is 33.4 Å². The molecule has 0 spiro atoms. The van der Waals surface area contributed by atoms with Crippen LogP contribution < -0.4 is 15.0 Å². The topological polar surface area (TPSA) is 53.4 Å². The van der Waals surface area contributed by atoms with Gasteiger partial charge in [0.1, 0.15) is 28.0 Å². The van der Waals surface area contributed by atoms with Gasteiger partial charge >= 0.3 is 0 Å². The standard InChI is InChI=1S/C19H14Cl3FN2O3/c1-25-19(26)17(22)15(11-5-4-9(23)6-13(11)20)18(24-25)12-7-10(27-2)8-14(28-3)16(12)21/h4-8H,1-3H3. The van der Waals surface area contributed by atoms with E-state index in [4.69, 9.17) is 44.3 Å². The SMILES string of the molecule is COc1cc(OC)c(Cl)c(-c2nn(C)c(=O)c(Cl)c2-c2ccc(F)cc2Cl)c1. The lowest BCUT2D eigenvalue weighted by Gasteiger charge is -2.17. The number of methoxy groups -OCH3 is 2. The third kappa shape index (κ3) is 3.55. The molecule has 9 heteroatoms. The second kappa shape index (κ2) is 7.99. The van der Waals surface area contributed by atoms with E-state index < -0.39 is 11.4 Å². The highest BCUT2D eigenvalue weighted by Crippen LogP contribution is 2.44. The molecule has 3 rings (SSSR count). The number of aryl methyl sites for hydroxylation is 1. The maximum Gasteiger partial charge on any atom is 0.285 e. The Morgan fingerprint density at radius 2 is 1.71 bits per heavy atom. The van der Waals surface area contributed by atoms with Crippen LogP contribution in [0.15, 0.2) is 35.1 Å². The van der Waals surface area contributed by atoms with E-state index in [9.17, 15) is 9.18 Å². The number of rotatable bonds is 4. The molecular formula is C19H14Cl3FN2O3. The Kier molecular flexibility index (Phi) is 5.84. The molecule has 0 aliphatic heterocycles. The first-order chi connectivity index (χ1) is 13.3. The molecule has 5 nitrogen and oxygen atoms in total. The van der Waals surface area contributed by atoms with E-state index in [-0.39, 0.29) is 26.3 Å². The van der Waals surface area contributed by atoms with Gasteiger partial charge in [0, 0.05) is 29.8 Å². The molecule has 0 unspecified atom stereocenters. The maximum atomic E-state index is 13.5. The van der Waals surface area contributed by atoms with Crippen LogP contribution in [0.5, 0.6) is 11.5 Å². The van der Waals surface area contributed by atoms with Gasteiger partial charge in [0.15, 0.2) is 0 Å². The van der Waals surface area contributed by atoms with Crippen molar-refractivity contribution in [3.8, 4) is 33.9 Å². The van der Waals surface area contributed by atoms with Gasteiger partial charge < -0.3 is 9.47 Å². The Morgan fingerprint density at radius 3 is 2.32 bits per heavy atom. The molecule has 146 valence electrons. The largest absolute Gasteiger partial charge is 0.497 e. The Hall–Kier alpha value is -2.28. The van der Waals surface area contributed by atoms with Crippen molar-refractivity contribution in [3.05, 3.63) is 61.6 Å².